The van der Waals surface area contributed by atoms with Gasteiger partial charge in [-0.1, -0.05) is 6.42 Å². The predicted octanol–water partition coefficient (Wildman–Crippen LogP) is 2.02. The fourth-order valence-electron chi connectivity index (χ4n) is 2.07. The van der Waals surface area contributed by atoms with Crippen molar-refractivity contribution in [1.82, 2.24) is 4.90 Å². The Morgan fingerprint density at radius 2 is 1.90 bits per heavy atom. The molecule has 0 aromatic heterocycles. The zero-order chi connectivity index (χ0) is 6.97. The summed E-state index contributed by atoms with van der Waals surface area (Å²) in [6, 6.07) is 1.89. The molecule has 0 amide bonds. The highest BCUT2D eigenvalue weighted by molar-refractivity contribution is 4.88. The van der Waals surface area contributed by atoms with Gasteiger partial charge in [0.15, 0.2) is 0 Å². The fraction of sp³-hybridized carbons (Fsp3) is 1.00. The van der Waals surface area contributed by atoms with Crippen molar-refractivity contribution in [2.75, 3.05) is 6.54 Å². The first-order valence-corrected chi connectivity index (χ1v) is 4.63. The number of rotatable bonds is 1. The lowest BCUT2D eigenvalue weighted by Crippen LogP contribution is -2.38. The minimum absolute atomic E-state index is 0.890. The van der Waals surface area contributed by atoms with E-state index in [0.717, 1.165) is 12.1 Å². The predicted molar refractivity (Wildman–Crippen MR) is 43.0 cm³/mol. The molecule has 1 atom stereocenters. The first-order valence-electron chi connectivity index (χ1n) is 4.63. The largest absolute Gasteiger partial charge is 0.298 e. The fourth-order valence-corrected chi connectivity index (χ4v) is 2.07. The van der Waals surface area contributed by atoms with Crippen molar-refractivity contribution in [3.63, 3.8) is 0 Å². The maximum Gasteiger partial charge on any atom is 0.00992 e. The molecular formula is C9H17N. The SMILES string of the molecule is C[C@@H]1CCCCN1C1CC1. The van der Waals surface area contributed by atoms with E-state index in [9.17, 15) is 0 Å². The Bertz CT molecular complexity index is 118. The summed E-state index contributed by atoms with van der Waals surface area (Å²) in [7, 11) is 0. The first kappa shape index (κ1) is 6.66. The van der Waals surface area contributed by atoms with E-state index in [1.807, 2.05) is 0 Å². The van der Waals surface area contributed by atoms with Crippen molar-refractivity contribution >= 4 is 0 Å². The van der Waals surface area contributed by atoms with Gasteiger partial charge >= 0.3 is 0 Å². The quantitative estimate of drug-likeness (QED) is 0.537. The lowest BCUT2D eigenvalue weighted by atomic mass is 10.0. The van der Waals surface area contributed by atoms with Crippen molar-refractivity contribution in [3.8, 4) is 0 Å². The third-order valence-electron chi connectivity index (χ3n) is 2.87. The number of likely N-dealkylation sites (tertiary alicyclic amines) is 1. The van der Waals surface area contributed by atoms with Gasteiger partial charge in [-0.15, -0.1) is 0 Å². The Kier molecular flexibility index (Phi) is 1.69. The second-order valence-corrected chi connectivity index (χ2v) is 3.81. The summed E-state index contributed by atoms with van der Waals surface area (Å²) in [6.07, 6.45) is 7.30. The number of hydrogen-bond donors (Lipinski definition) is 0. The van der Waals surface area contributed by atoms with Crippen LogP contribution in [0.5, 0.6) is 0 Å². The first-order chi connectivity index (χ1) is 4.88. The molecule has 0 bridgehead atoms. The van der Waals surface area contributed by atoms with Crippen LogP contribution in [0, 0.1) is 0 Å². The molecule has 0 N–H and O–H groups in total. The van der Waals surface area contributed by atoms with Crippen LogP contribution in [0.1, 0.15) is 39.0 Å². The highest BCUT2D eigenvalue weighted by Gasteiger charge is 2.32. The van der Waals surface area contributed by atoms with Crippen molar-refractivity contribution in [3.05, 3.63) is 0 Å². The van der Waals surface area contributed by atoms with Crippen molar-refractivity contribution in [1.29, 1.82) is 0 Å². The second kappa shape index (κ2) is 2.54. The van der Waals surface area contributed by atoms with Crippen LogP contribution in [0.2, 0.25) is 0 Å². The van der Waals surface area contributed by atoms with Crippen LogP contribution in [0.25, 0.3) is 0 Å². The van der Waals surface area contributed by atoms with Crippen molar-refractivity contribution in [2.45, 2.75) is 51.1 Å². The molecular weight excluding hydrogens is 122 g/mol. The van der Waals surface area contributed by atoms with Gasteiger partial charge in [-0.25, -0.2) is 0 Å². The monoisotopic (exact) mass is 139 g/mol. The Labute approximate surface area is 63.4 Å². The van der Waals surface area contributed by atoms with Crippen LogP contribution >= 0.6 is 0 Å². The van der Waals surface area contributed by atoms with Gasteiger partial charge in [-0.05, 0) is 39.2 Å². The summed E-state index contributed by atoms with van der Waals surface area (Å²) < 4.78 is 0. The highest BCUT2D eigenvalue weighted by atomic mass is 15.2. The molecule has 0 aromatic rings. The molecule has 2 fully saturated rings. The van der Waals surface area contributed by atoms with Gasteiger partial charge in [0, 0.05) is 12.1 Å². The maximum atomic E-state index is 2.71. The molecule has 2 rings (SSSR count). The Hall–Kier alpha value is -0.0400. The van der Waals surface area contributed by atoms with Gasteiger partial charge in [-0.2, -0.15) is 0 Å². The summed E-state index contributed by atoms with van der Waals surface area (Å²) in [4.78, 5) is 2.71. The molecule has 1 aliphatic heterocycles. The van der Waals surface area contributed by atoms with Gasteiger partial charge in [0.25, 0.3) is 0 Å². The van der Waals surface area contributed by atoms with E-state index in [-0.39, 0.29) is 0 Å². The molecule has 1 nitrogen and oxygen atoms in total. The topological polar surface area (TPSA) is 3.24 Å². The Balaban J connectivity index is 1.90. The van der Waals surface area contributed by atoms with Gasteiger partial charge in [0.05, 0.1) is 0 Å². The average Bonchev–Trinajstić information content (AvgIpc) is 2.71. The van der Waals surface area contributed by atoms with E-state index >= 15 is 0 Å². The molecule has 2 aliphatic rings. The summed E-state index contributed by atoms with van der Waals surface area (Å²) >= 11 is 0. The summed E-state index contributed by atoms with van der Waals surface area (Å²) in [6.45, 7) is 3.77. The molecule has 0 aromatic carbocycles. The molecule has 0 radical (unpaired) electrons. The average molecular weight is 139 g/mol. The number of piperidine rings is 1. The van der Waals surface area contributed by atoms with E-state index in [2.05, 4.69) is 11.8 Å². The standard InChI is InChI=1S/C9H17N/c1-8-4-2-3-7-10(8)9-5-6-9/h8-9H,2-7H2,1H3/t8-/m1/s1. The zero-order valence-electron chi connectivity index (χ0n) is 6.84. The molecule has 0 spiro atoms. The number of nitrogens with zero attached hydrogens (tertiary/aromatic N) is 1. The summed E-state index contributed by atoms with van der Waals surface area (Å²) in [5.41, 5.74) is 0. The molecule has 10 heavy (non-hydrogen) atoms. The molecule has 1 heterocycles. The van der Waals surface area contributed by atoms with Gasteiger partial charge in [0.2, 0.25) is 0 Å². The lowest BCUT2D eigenvalue weighted by Gasteiger charge is -2.33. The molecule has 1 saturated heterocycles. The van der Waals surface area contributed by atoms with E-state index in [1.165, 1.54) is 38.6 Å². The van der Waals surface area contributed by atoms with Gasteiger partial charge in [0.1, 0.15) is 0 Å². The third kappa shape index (κ3) is 1.20. The molecule has 1 heteroatoms. The van der Waals surface area contributed by atoms with Gasteiger partial charge in [-0.3, -0.25) is 4.90 Å². The molecule has 58 valence electrons. The summed E-state index contributed by atoms with van der Waals surface area (Å²) in [5.74, 6) is 0. The Morgan fingerprint density at radius 3 is 2.50 bits per heavy atom. The highest BCUT2D eigenvalue weighted by Crippen LogP contribution is 2.32. The van der Waals surface area contributed by atoms with Crippen LogP contribution in [0.15, 0.2) is 0 Å². The van der Waals surface area contributed by atoms with Crippen LogP contribution in [-0.2, 0) is 0 Å². The second-order valence-electron chi connectivity index (χ2n) is 3.81. The smallest absolute Gasteiger partial charge is 0.00992 e. The minimum Gasteiger partial charge on any atom is -0.298 e. The minimum atomic E-state index is 0.890. The van der Waals surface area contributed by atoms with E-state index in [1.54, 1.807) is 0 Å². The zero-order valence-corrected chi connectivity index (χ0v) is 6.84. The maximum absolute atomic E-state index is 2.71. The molecule has 0 unspecified atom stereocenters. The van der Waals surface area contributed by atoms with Gasteiger partial charge < -0.3 is 0 Å². The molecule has 1 saturated carbocycles. The normalized spacial score (nSPS) is 36.3. The van der Waals surface area contributed by atoms with Crippen LogP contribution in [-0.4, -0.2) is 23.5 Å². The van der Waals surface area contributed by atoms with Crippen molar-refractivity contribution in [2.24, 2.45) is 0 Å². The van der Waals surface area contributed by atoms with Crippen LogP contribution < -0.4 is 0 Å². The van der Waals surface area contributed by atoms with E-state index < -0.39 is 0 Å². The lowest BCUT2D eigenvalue weighted by molar-refractivity contribution is 0.152. The number of hydrogen-bond acceptors (Lipinski definition) is 1. The Morgan fingerprint density at radius 1 is 1.10 bits per heavy atom. The van der Waals surface area contributed by atoms with Crippen LogP contribution in [0.4, 0.5) is 0 Å². The third-order valence-corrected chi connectivity index (χ3v) is 2.87. The van der Waals surface area contributed by atoms with Crippen molar-refractivity contribution < 1.29 is 0 Å². The molecule has 1 aliphatic carbocycles. The van der Waals surface area contributed by atoms with Crippen LogP contribution in [0.3, 0.4) is 0 Å². The van der Waals surface area contributed by atoms with E-state index in [4.69, 9.17) is 0 Å². The summed E-state index contributed by atoms with van der Waals surface area (Å²) in [5, 5.41) is 0. The van der Waals surface area contributed by atoms with E-state index in [0.29, 0.717) is 0 Å².